The summed E-state index contributed by atoms with van der Waals surface area (Å²) in [5.41, 5.74) is 0.428. The average molecular weight is 625 g/mol. The van der Waals surface area contributed by atoms with Gasteiger partial charge in [0.15, 0.2) is 5.78 Å². The second-order valence-corrected chi connectivity index (χ2v) is 11.5. The summed E-state index contributed by atoms with van der Waals surface area (Å²) >= 11 is 13.6. The number of amides is 3. The number of nitrogens with zero attached hydrogens (tertiary/aromatic N) is 2. The molecule has 2 bridgehead atoms. The van der Waals surface area contributed by atoms with E-state index in [1.807, 2.05) is 0 Å². The quantitative estimate of drug-likeness (QED) is 0.271. The van der Waals surface area contributed by atoms with Crippen LogP contribution in [-0.4, -0.2) is 56.8 Å². The number of fused-ring (bicyclic) bond motifs is 5. The van der Waals surface area contributed by atoms with Gasteiger partial charge in [-0.25, -0.2) is 5.01 Å². The Labute approximate surface area is 224 Å². The molecule has 2 aliphatic carbocycles. The largest absolute Gasteiger partial charge is 0.497 e. The van der Waals surface area contributed by atoms with Gasteiger partial charge in [0, 0.05) is 15.2 Å². The number of hydrogen-bond donors (Lipinski definition) is 0. The van der Waals surface area contributed by atoms with Crippen LogP contribution in [0.25, 0.3) is 0 Å². The molecule has 5 rings (SSSR count). The van der Waals surface area contributed by atoms with Crippen molar-refractivity contribution >= 4 is 67.0 Å². The van der Waals surface area contributed by atoms with Gasteiger partial charge in [-0.15, -0.1) is 0 Å². The highest BCUT2D eigenvalue weighted by molar-refractivity contribution is 9.12. The number of carbonyl (C=O) groups is 4. The molecule has 1 heterocycles. The lowest BCUT2D eigenvalue weighted by molar-refractivity contribution is -0.154. The van der Waals surface area contributed by atoms with Gasteiger partial charge < -0.3 is 4.74 Å². The zero-order valence-electron chi connectivity index (χ0n) is 18.6. The van der Waals surface area contributed by atoms with Crippen LogP contribution in [0.15, 0.2) is 48.5 Å². The smallest absolute Gasteiger partial charge is 0.274 e. The Balaban J connectivity index is 1.51. The number of imide groups is 1. The van der Waals surface area contributed by atoms with Gasteiger partial charge in [0.2, 0.25) is 0 Å². The first kappa shape index (κ1) is 24.5. The summed E-state index contributed by atoms with van der Waals surface area (Å²) in [5, 5.41) is 2.02. The molecule has 0 N–H and O–H groups in total. The van der Waals surface area contributed by atoms with Crippen molar-refractivity contribution in [2.24, 2.45) is 23.7 Å². The minimum absolute atomic E-state index is 0.0228. The summed E-state index contributed by atoms with van der Waals surface area (Å²) in [5.74, 6) is -2.52. The Bertz CT molecular complexity index is 1190. The fraction of sp³-hybridized carbons (Fsp3) is 0.360. The molecule has 0 aromatic heterocycles. The van der Waals surface area contributed by atoms with Gasteiger partial charge in [0.25, 0.3) is 17.7 Å². The maximum absolute atomic E-state index is 13.6. The van der Waals surface area contributed by atoms with Crippen molar-refractivity contribution in [3.05, 3.63) is 64.7 Å². The van der Waals surface area contributed by atoms with Crippen LogP contribution >= 0.6 is 43.5 Å². The van der Waals surface area contributed by atoms with Crippen molar-refractivity contribution in [1.29, 1.82) is 0 Å². The number of rotatable bonds is 6. The highest BCUT2D eigenvalue weighted by Gasteiger charge is 2.67. The van der Waals surface area contributed by atoms with Crippen LogP contribution in [-0.2, 0) is 9.59 Å². The van der Waals surface area contributed by atoms with E-state index in [2.05, 4.69) is 31.9 Å². The lowest BCUT2D eigenvalue weighted by atomic mass is 9.81. The predicted octanol–water partition coefficient (Wildman–Crippen LogP) is 4.37. The molecule has 2 aromatic carbocycles. The Morgan fingerprint density at radius 2 is 1.57 bits per heavy atom. The fourth-order valence-electron chi connectivity index (χ4n) is 5.58. The summed E-state index contributed by atoms with van der Waals surface area (Å²) in [7, 11) is 1.52. The number of carbonyl (C=O) groups excluding carboxylic acids is 4. The van der Waals surface area contributed by atoms with E-state index in [0.717, 1.165) is 16.4 Å². The standard InChI is InChI=1S/C25H21Br2ClN2O5/c1-35-13-8-6-12(7-9-13)18(31)11-29(23(32)14-4-2-3-5-17(14)28)30-24(33)19-15-10-16(20(19)25(30)34)22(27)21(15)26/h2-9,15-16,19-22H,10-11H2,1H3/t15-,16-,19-,20-,21+,22+/m1/s1. The molecule has 6 atom stereocenters. The van der Waals surface area contributed by atoms with Crippen molar-refractivity contribution in [3.63, 3.8) is 0 Å². The number of benzene rings is 2. The van der Waals surface area contributed by atoms with Crippen LogP contribution in [0.3, 0.4) is 0 Å². The highest BCUT2D eigenvalue weighted by Crippen LogP contribution is 2.60. The van der Waals surface area contributed by atoms with E-state index in [1.54, 1.807) is 42.5 Å². The van der Waals surface area contributed by atoms with Crippen LogP contribution in [0.2, 0.25) is 5.02 Å². The van der Waals surface area contributed by atoms with Crippen molar-refractivity contribution < 1.29 is 23.9 Å². The molecular formula is C25H21Br2ClN2O5. The number of halogens is 3. The number of Topliss-reactive ketones (excluding diaryl/α,β-unsaturated/α-hetero) is 1. The fourth-order valence-corrected chi connectivity index (χ4v) is 7.67. The number of ether oxygens (including phenoxy) is 1. The first-order valence-corrected chi connectivity index (χ1v) is 13.3. The minimum Gasteiger partial charge on any atom is -0.497 e. The molecular weight excluding hydrogens is 604 g/mol. The number of hydrazine groups is 1. The van der Waals surface area contributed by atoms with Crippen molar-refractivity contribution in [1.82, 2.24) is 10.0 Å². The van der Waals surface area contributed by atoms with Crippen LogP contribution in [0.1, 0.15) is 27.1 Å². The van der Waals surface area contributed by atoms with Crippen molar-refractivity contribution in [2.75, 3.05) is 13.7 Å². The third-order valence-electron chi connectivity index (χ3n) is 7.25. The van der Waals surface area contributed by atoms with E-state index >= 15 is 0 Å². The van der Waals surface area contributed by atoms with E-state index in [1.165, 1.54) is 13.2 Å². The summed E-state index contributed by atoms with van der Waals surface area (Å²) in [4.78, 5) is 54.2. The first-order chi connectivity index (χ1) is 16.7. The molecule has 3 aliphatic rings. The summed E-state index contributed by atoms with van der Waals surface area (Å²) in [6, 6.07) is 12.8. The molecule has 1 saturated heterocycles. The van der Waals surface area contributed by atoms with Gasteiger partial charge in [-0.2, -0.15) is 5.01 Å². The maximum Gasteiger partial charge on any atom is 0.274 e. The first-order valence-electron chi connectivity index (χ1n) is 11.1. The molecule has 10 heteroatoms. The molecule has 2 aromatic rings. The van der Waals surface area contributed by atoms with Gasteiger partial charge in [-0.1, -0.05) is 55.6 Å². The van der Waals surface area contributed by atoms with Crippen LogP contribution < -0.4 is 4.74 Å². The molecule has 182 valence electrons. The molecule has 35 heavy (non-hydrogen) atoms. The second-order valence-electron chi connectivity index (χ2n) is 8.99. The molecule has 0 spiro atoms. The zero-order valence-corrected chi connectivity index (χ0v) is 22.5. The summed E-state index contributed by atoms with van der Waals surface area (Å²) < 4.78 is 5.14. The lowest BCUT2D eigenvalue weighted by Crippen LogP contribution is -2.52. The van der Waals surface area contributed by atoms with E-state index < -0.39 is 41.9 Å². The van der Waals surface area contributed by atoms with Crippen molar-refractivity contribution in [3.8, 4) is 5.75 Å². The van der Waals surface area contributed by atoms with Gasteiger partial charge in [0.05, 0.1) is 29.5 Å². The molecule has 1 aliphatic heterocycles. The number of alkyl halides is 2. The van der Waals surface area contributed by atoms with E-state index in [4.69, 9.17) is 16.3 Å². The topological polar surface area (TPSA) is 84.0 Å². The minimum atomic E-state index is -0.683. The SMILES string of the molecule is COc1ccc(C(=O)CN(C(=O)c2ccccc2Cl)N2C(=O)[C@@H]3[C@H]4C[C@@H]([C@H](Br)[C@H]4Br)[C@H]3C2=O)cc1. The monoisotopic (exact) mass is 622 g/mol. The lowest BCUT2D eigenvalue weighted by Gasteiger charge is -2.31. The van der Waals surface area contributed by atoms with Crippen LogP contribution in [0, 0.1) is 23.7 Å². The number of hydrogen-bond acceptors (Lipinski definition) is 5. The van der Waals surface area contributed by atoms with Gasteiger partial charge in [-0.3, -0.25) is 19.2 Å². The average Bonchev–Trinajstić information content (AvgIpc) is 3.47. The Morgan fingerprint density at radius 3 is 2.11 bits per heavy atom. The third kappa shape index (κ3) is 3.92. The van der Waals surface area contributed by atoms with Gasteiger partial charge in [0.1, 0.15) is 12.3 Å². The molecule has 0 unspecified atom stereocenters. The van der Waals surface area contributed by atoms with Crippen molar-refractivity contribution in [2.45, 2.75) is 16.1 Å². The third-order valence-corrected chi connectivity index (χ3v) is 10.8. The Kier molecular flexibility index (Phi) is 6.52. The second kappa shape index (κ2) is 9.33. The van der Waals surface area contributed by atoms with Crippen LogP contribution in [0.4, 0.5) is 0 Å². The number of methoxy groups -OCH3 is 1. The van der Waals surface area contributed by atoms with E-state index in [0.29, 0.717) is 11.3 Å². The van der Waals surface area contributed by atoms with Gasteiger partial charge in [-0.05, 0) is 54.7 Å². The summed E-state index contributed by atoms with van der Waals surface area (Å²) in [6.07, 6.45) is 0.760. The molecule has 3 amide bonds. The van der Waals surface area contributed by atoms with E-state index in [-0.39, 0.29) is 32.1 Å². The number of ketones is 1. The maximum atomic E-state index is 13.6. The normalized spacial score (nSPS) is 28.9. The zero-order chi connectivity index (χ0) is 25.0. The molecule has 0 radical (unpaired) electrons. The summed E-state index contributed by atoms with van der Waals surface area (Å²) in [6.45, 7) is -0.488. The van der Waals surface area contributed by atoms with Crippen LogP contribution in [0.5, 0.6) is 5.75 Å². The highest BCUT2D eigenvalue weighted by atomic mass is 79.9. The Hall–Kier alpha value is -2.23. The molecule has 7 nitrogen and oxygen atoms in total. The molecule has 3 fully saturated rings. The predicted molar refractivity (Wildman–Crippen MR) is 136 cm³/mol. The molecule has 2 saturated carbocycles. The van der Waals surface area contributed by atoms with E-state index in [9.17, 15) is 19.2 Å². The Morgan fingerprint density at radius 1 is 1.00 bits per heavy atom. The van der Waals surface area contributed by atoms with Gasteiger partial charge >= 0.3 is 0 Å².